The molecule has 186 valence electrons. The van der Waals surface area contributed by atoms with Crippen molar-refractivity contribution < 1.29 is 37.1 Å². The van der Waals surface area contributed by atoms with Crippen LogP contribution in [-0.2, 0) is 24.6 Å². The molecule has 1 atom stereocenters. The lowest BCUT2D eigenvalue weighted by molar-refractivity contribution is -0.274. The second-order valence-corrected chi connectivity index (χ2v) is 9.07. The maximum atomic E-state index is 13.4. The number of nitrogens with zero attached hydrogens (tertiary/aromatic N) is 2. The summed E-state index contributed by atoms with van der Waals surface area (Å²) in [4.78, 5) is 49.5. The number of ether oxygens (including phenoxy) is 1. The first kappa shape index (κ1) is 25.9. The Hall–Kier alpha value is -2.73. The van der Waals surface area contributed by atoms with Crippen molar-refractivity contribution in [3.05, 3.63) is 29.8 Å². The fourth-order valence-corrected chi connectivity index (χ4v) is 4.17. The van der Waals surface area contributed by atoms with Crippen LogP contribution >= 0.6 is 23.2 Å². The number of nitrogens with one attached hydrogen (secondary N) is 1. The second-order valence-electron chi connectivity index (χ2n) is 7.98. The SMILES string of the molecule is NC(=O)CN(NC(=O)[C@@H]1CCCN1C(=O)C1(c2ccc(OC(F)(F)F)cc2)CC1)C(=O)C(Cl)Cl. The summed E-state index contributed by atoms with van der Waals surface area (Å²) in [7, 11) is 0. The molecular weight excluding hydrogens is 504 g/mol. The van der Waals surface area contributed by atoms with Crippen LogP contribution < -0.4 is 15.9 Å². The topological polar surface area (TPSA) is 122 Å². The number of hydrogen-bond donors (Lipinski definition) is 2. The third-order valence-electron chi connectivity index (χ3n) is 5.63. The van der Waals surface area contributed by atoms with Crippen molar-refractivity contribution in [2.24, 2.45) is 5.73 Å². The van der Waals surface area contributed by atoms with E-state index >= 15 is 0 Å². The van der Waals surface area contributed by atoms with Crippen molar-refractivity contribution in [1.29, 1.82) is 0 Å². The normalized spacial score (nSPS) is 19.0. The van der Waals surface area contributed by atoms with Gasteiger partial charge in [-0.05, 0) is 43.4 Å². The maximum Gasteiger partial charge on any atom is 0.573 e. The Bertz CT molecular complexity index is 970. The van der Waals surface area contributed by atoms with Gasteiger partial charge in [-0.15, -0.1) is 13.2 Å². The predicted octanol–water partition coefficient (Wildman–Crippen LogP) is 1.76. The molecule has 4 amide bonds. The molecule has 2 aliphatic rings. The summed E-state index contributed by atoms with van der Waals surface area (Å²) in [6, 6.07) is 4.11. The molecule has 0 aromatic heterocycles. The van der Waals surface area contributed by atoms with E-state index in [0.29, 0.717) is 36.3 Å². The summed E-state index contributed by atoms with van der Waals surface area (Å²) in [5, 5.41) is 0.600. The first-order chi connectivity index (χ1) is 15.8. The molecule has 0 spiro atoms. The lowest BCUT2D eigenvalue weighted by atomic mass is 9.94. The molecule has 0 unspecified atom stereocenters. The van der Waals surface area contributed by atoms with E-state index in [1.807, 2.05) is 0 Å². The first-order valence-corrected chi connectivity index (χ1v) is 11.1. The Kier molecular flexibility index (Phi) is 7.51. The van der Waals surface area contributed by atoms with Crippen LogP contribution in [0.5, 0.6) is 5.75 Å². The molecule has 34 heavy (non-hydrogen) atoms. The molecule has 1 aromatic rings. The monoisotopic (exact) mass is 524 g/mol. The van der Waals surface area contributed by atoms with Crippen molar-refractivity contribution in [2.75, 3.05) is 13.1 Å². The van der Waals surface area contributed by atoms with Gasteiger partial charge in [-0.2, -0.15) is 0 Å². The van der Waals surface area contributed by atoms with Crippen molar-refractivity contribution in [3.63, 3.8) is 0 Å². The smallest absolute Gasteiger partial charge is 0.406 e. The van der Waals surface area contributed by atoms with Gasteiger partial charge in [0.25, 0.3) is 11.8 Å². The van der Waals surface area contributed by atoms with E-state index in [9.17, 15) is 32.3 Å². The molecule has 0 bridgehead atoms. The quantitative estimate of drug-likeness (QED) is 0.415. The molecule has 1 aliphatic heterocycles. The molecule has 14 heteroatoms. The predicted molar refractivity (Wildman–Crippen MR) is 113 cm³/mol. The van der Waals surface area contributed by atoms with Crippen LogP contribution in [0.15, 0.2) is 24.3 Å². The standard InChI is InChI=1S/C20H21Cl2F3N4O5/c21-15(22)17(32)29(10-14(26)30)27-16(31)13-2-1-9-28(13)18(33)19(7-8-19)11-3-5-12(6-4-11)34-20(23,24)25/h3-6,13,15H,1-2,7-10H2,(H2,26,30)(H,27,31)/t13-/m0/s1. The molecule has 2 fully saturated rings. The number of hydrogen-bond acceptors (Lipinski definition) is 5. The lowest BCUT2D eigenvalue weighted by Gasteiger charge is -2.30. The maximum absolute atomic E-state index is 13.4. The summed E-state index contributed by atoms with van der Waals surface area (Å²) >= 11 is 11.1. The third-order valence-corrected chi connectivity index (χ3v) is 6.00. The molecule has 1 heterocycles. The number of amides is 4. The Morgan fingerprint density at radius 3 is 2.32 bits per heavy atom. The van der Waals surface area contributed by atoms with E-state index in [1.165, 1.54) is 17.0 Å². The Morgan fingerprint density at radius 2 is 1.82 bits per heavy atom. The van der Waals surface area contributed by atoms with Crippen molar-refractivity contribution in [3.8, 4) is 5.75 Å². The number of benzene rings is 1. The van der Waals surface area contributed by atoms with Gasteiger partial charge in [-0.3, -0.25) is 24.6 Å². The molecular formula is C20H21Cl2F3N4O5. The van der Waals surface area contributed by atoms with Gasteiger partial charge in [0, 0.05) is 6.54 Å². The number of carbonyl (C=O) groups is 4. The van der Waals surface area contributed by atoms with E-state index in [-0.39, 0.29) is 12.5 Å². The van der Waals surface area contributed by atoms with E-state index < -0.39 is 52.7 Å². The van der Waals surface area contributed by atoms with Crippen molar-refractivity contribution in [2.45, 2.75) is 48.3 Å². The van der Waals surface area contributed by atoms with Crippen molar-refractivity contribution in [1.82, 2.24) is 15.3 Å². The highest BCUT2D eigenvalue weighted by Crippen LogP contribution is 2.50. The number of carbonyl (C=O) groups excluding carboxylic acids is 4. The van der Waals surface area contributed by atoms with Crippen LogP contribution in [-0.4, -0.2) is 63.9 Å². The van der Waals surface area contributed by atoms with Crippen LogP contribution in [0.1, 0.15) is 31.2 Å². The molecule has 0 radical (unpaired) electrons. The average molecular weight is 525 g/mol. The molecule has 1 saturated heterocycles. The molecule has 9 nitrogen and oxygen atoms in total. The number of alkyl halides is 5. The first-order valence-electron chi connectivity index (χ1n) is 10.2. The van der Waals surface area contributed by atoms with Gasteiger partial charge in [-0.25, -0.2) is 5.01 Å². The highest BCUT2D eigenvalue weighted by Gasteiger charge is 2.55. The minimum atomic E-state index is -4.83. The zero-order valence-electron chi connectivity index (χ0n) is 17.6. The van der Waals surface area contributed by atoms with Crippen LogP contribution in [0, 0.1) is 0 Å². The summed E-state index contributed by atoms with van der Waals surface area (Å²) in [5.74, 6) is -3.37. The van der Waals surface area contributed by atoms with Crippen LogP contribution in [0.4, 0.5) is 13.2 Å². The van der Waals surface area contributed by atoms with Gasteiger partial charge < -0.3 is 15.4 Å². The highest BCUT2D eigenvalue weighted by molar-refractivity contribution is 6.53. The highest BCUT2D eigenvalue weighted by atomic mass is 35.5. The van der Waals surface area contributed by atoms with Crippen LogP contribution in [0.25, 0.3) is 0 Å². The molecule has 3 N–H and O–H groups in total. The van der Waals surface area contributed by atoms with Gasteiger partial charge in [0.15, 0.2) is 4.84 Å². The number of halogens is 5. The van der Waals surface area contributed by atoms with Crippen LogP contribution in [0.3, 0.4) is 0 Å². The summed E-state index contributed by atoms with van der Waals surface area (Å²) in [5.41, 5.74) is 6.91. The summed E-state index contributed by atoms with van der Waals surface area (Å²) < 4.78 is 41.1. The van der Waals surface area contributed by atoms with Gasteiger partial charge in [0.05, 0.1) is 5.41 Å². The van der Waals surface area contributed by atoms with Gasteiger partial charge in [0.2, 0.25) is 11.8 Å². The fraction of sp³-hybridized carbons (Fsp3) is 0.500. The zero-order valence-corrected chi connectivity index (χ0v) is 19.1. The number of hydrazine groups is 1. The second kappa shape index (κ2) is 9.87. The average Bonchev–Trinajstić information content (AvgIpc) is 3.40. The van der Waals surface area contributed by atoms with Gasteiger partial charge in [-0.1, -0.05) is 35.3 Å². The molecule has 3 rings (SSSR count). The Morgan fingerprint density at radius 1 is 1.21 bits per heavy atom. The number of likely N-dealkylation sites (tertiary alicyclic amines) is 1. The number of primary amides is 1. The van der Waals surface area contributed by atoms with E-state index in [0.717, 1.165) is 12.1 Å². The number of nitrogens with two attached hydrogens (primary N) is 1. The Balaban J connectivity index is 1.73. The zero-order chi connectivity index (χ0) is 25.3. The third kappa shape index (κ3) is 5.84. The molecule has 1 aliphatic carbocycles. The van der Waals surface area contributed by atoms with Crippen LogP contribution in [0.2, 0.25) is 0 Å². The minimum absolute atomic E-state index is 0.269. The molecule has 1 aromatic carbocycles. The minimum Gasteiger partial charge on any atom is -0.406 e. The molecule has 1 saturated carbocycles. The van der Waals surface area contributed by atoms with Crippen molar-refractivity contribution >= 4 is 46.8 Å². The summed E-state index contributed by atoms with van der Waals surface area (Å²) in [6.45, 7) is -0.400. The van der Waals surface area contributed by atoms with E-state index in [4.69, 9.17) is 28.9 Å². The number of rotatable bonds is 7. The Labute approximate surface area is 202 Å². The fourth-order valence-electron chi connectivity index (χ4n) is 3.94. The van der Waals surface area contributed by atoms with Gasteiger partial charge in [0.1, 0.15) is 18.3 Å². The lowest BCUT2D eigenvalue weighted by Crippen LogP contribution is -2.57. The largest absolute Gasteiger partial charge is 0.573 e. The van der Waals surface area contributed by atoms with E-state index in [2.05, 4.69) is 10.2 Å². The summed E-state index contributed by atoms with van der Waals surface area (Å²) in [6.07, 6.45) is -3.10. The van der Waals surface area contributed by atoms with E-state index in [1.54, 1.807) is 0 Å². The van der Waals surface area contributed by atoms with Gasteiger partial charge >= 0.3 is 6.36 Å².